The van der Waals surface area contributed by atoms with Gasteiger partial charge in [0.1, 0.15) is 0 Å². The fourth-order valence-corrected chi connectivity index (χ4v) is 3.07. The van der Waals surface area contributed by atoms with Gasteiger partial charge in [-0.05, 0) is 18.3 Å². The first-order chi connectivity index (χ1) is 7.09. The second-order valence-corrected chi connectivity index (χ2v) is 5.34. The van der Waals surface area contributed by atoms with Gasteiger partial charge in [0.15, 0.2) is 0 Å². The Balaban J connectivity index is 2.06. The lowest BCUT2D eigenvalue weighted by molar-refractivity contribution is -0.131. The van der Waals surface area contributed by atoms with E-state index in [0.29, 0.717) is 18.4 Å². The fraction of sp³-hybridized carbons (Fsp3) is 0.917. The van der Waals surface area contributed by atoms with Gasteiger partial charge >= 0.3 is 0 Å². The number of rotatable bonds is 1. The third-order valence-electron chi connectivity index (χ3n) is 4.25. The smallest absolute Gasteiger partial charge is 0.224 e. The number of nitrogens with zero attached hydrogens (tertiary/aromatic N) is 1. The zero-order chi connectivity index (χ0) is 11.0. The summed E-state index contributed by atoms with van der Waals surface area (Å²) in [6.45, 7) is 5.36. The van der Waals surface area contributed by atoms with E-state index in [1.54, 1.807) is 0 Å². The summed E-state index contributed by atoms with van der Waals surface area (Å²) in [7, 11) is 0. The van der Waals surface area contributed by atoms with Crippen molar-refractivity contribution in [3.8, 4) is 0 Å². The summed E-state index contributed by atoms with van der Waals surface area (Å²) in [5.74, 6) is 1.65. The number of nitrogens with two attached hydrogens (primary N) is 1. The zero-order valence-electron chi connectivity index (χ0n) is 9.78. The van der Waals surface area contributed by atoms with Gasteiger partial charge in [0.05, 0.1) is 0 Å². The molecule has 0 bridgehead atoms. The minimum Gasteiger partial charge on any atom is -0.338 e. The lowest BCUT2D eigenvalue weighted by atomic mass is 9.77. The zero-order valence-corrected chi connectivity index (χ0v) is 9.78. The molecular formula is C12H22N2O. The molecule has 0 aromatic heterocycles. The molecule has 2 fully saturated rings. The summed E-state index contributed by atoms with van der Waals surface area (Å²) in [5, 5.41) is 0. The normalized spacial score (nSPS) is 42.3. The summed E-state index contributed by atoms with van der Waals surface area (Å²) >= 11 is 0. The van der Waals surface area contributed by atoms with Crippen molar-refractivity contribution in [2.45, 2.75) is 51.6 Å². The number of carbonyl (C=O) groups excluding carboxylic acids is 1. The van der Waals surface area contributed by atoms with Crippen LogP contribution in [0, 0.1) is 11.8 Å². The molecule has 15 heavy (non-hydrogen) atoms. The Morgan fingerprint density at radius 3 is 2.67 bits per heavy atom. The summed E-state index contributed by atoms with van der Waals surface area (Å²) in [6.07, 6.45) is 4.29. The van der Waals surface area contributed by atoms with E-state index in [2.05, 4.69) is 13.8 Å². The average Bonchev–Trinajstić information content (AvgIpc) is 2.50. The quantitative estimate of drug-likeness (QED) is 0.710. The molecule has 1 aliphatic heterocycles. The molecule has 86 valence electrons. The van der Waals surface area contributed by atoms with E-state index in [4.69, 9.17) is 5.73 Å². The second kappa shape index (κ2) is 4.12. The molecule has 1 amide bonds. The highest BCUT2D eigenvalue weighted by atomic mass is 16.2. The number of amides is 1. The van der Waals surface area contributed by atoms with Crippen LogP contribution in [0.3, 0.4) is 0 Å². The van der Waals surface area contributed by atoms with Gasteiger partial charge in [-0.3, -0.25) is 4.79 Å². The Labute approximate surface area is 92.0 Å². The SMILES string of the molecule is CC1CCCC(N2CC(N)CC2=O)C1C. The third kappa shape index (κ3) is 2.03. The van der Waals surface area contributed by atoms with E-state index >= 15 is 0 Å². The fourth-order valence-electron chi connectivity index (χ4n) is 3.07. The number of hydrogen-bond donors (Lipinski definition) is 1. The van der Waals surface area contributed by atoms with Crippen molar-refractivity contribution in [3.63, 3.8) is 0 Å². The minimum absolute atomic E-state index is 0.0712. The van der Waals surface area contributed by atoms with Gasteiger partial charge in [0, 0.05) is 25.0 Å². The van der Waals surface area contributed by atoms with Gasteiger partial charge in [0.25, 0.3) is 0 Å². The van der Waals surface area contributed by atoms with Crippen LogP contribution < -0.4 is 5.73 Å². The van der Waals surface area contributed by atoms with Crippen LogP contribution in [-0.4, -0.2) is 29.4 Å². The molecule has 3 nitrogen and oxygen atoms in total. The molecule has 3 heteroatoms. The molecule has 4 unspecified atom stereocenters. The molecular weight excluding hydrogens is 188 g/mol. The summed E-state index contributed by atoms with van der Waals surface area (Å²) < 4.78 is 0. The average molecular weight is 210 g/mol. The lowest BCUT2D eigenvalue weighted by Gasteiger charge is -2.39. The van der Waals surface area contributed by atoms with Gasteiger partial charge in [-0.1, -0.05) is 26.7 Å². The highest BCUT2D eigenvalue weighted by Gasteiger charge is 2.38. The molecule has 2 aliphatic rings. The molecule has 1 aliphatic carbocycles. The van der Waals surface area contributed by atoms with Crippen molar-refractivity contribution in [2.75, 3.05) is 6.54 Å². The van der Waals surface area contributed by atoms with E-state index in [9.17, 15) is 4.79 Å². The maximum Gasteiger partial charge on any atom is 0.224 e. The molecule has 0 aromatic rings. The van der Waals surface area contributed by atoms with Gasteiger partial charge in [-0.15, -0.1) is 0 Å². The first kappa shape index (κ1) is 10.9. The Kier molecular flexibility index (Phi) is 3.01. The molecule has 2 rings (SSSR count). The van der Waals surface area contributed by atoms with E-state index in [1.807, 2.05) is 4.90 Å². The van der Waals surface area contributed by atoms with Gasteiger partial charge < -0.3 is 10.6 Å². The van der Waals surface area contributed by atoms with E-state index in [-0.39, 0.29) is 11.9 Å². The van der Waals surface area contributed by atoms with Crippen LogP contribution >= 0.6 is 0 Å². The minimum atomic E-state index is 0.0712. The molecule has 0 spiro atoms. The van der Waals surface area contributed by atoms with Crippen molar-refractivity contribution in [3.05, 3.63) is 0 Å². The standard InChI is InChI=1S/C12H22N2O/c1-8-4-3-5-11(9(8)2)14-7-10(13)6-12(14)15/h8-11H,3-7,13H2,1-2H3. The predicted molar refractivity (Wildman–Crippen MR) is 60.3 cm³/mol. The molecule has 1 heterocycles. The number of likely N-dealkylation sites (tertiary alicyclic amines) is 1. The number of carbonyl (C=O) groups is 1. The summed E-state index contributed by atoms with van der Waals surface area (Å²) in [6, 6.07) is 0.525. The highest BCUT2D eigenvalue weighted by Crippen LogP contribution is 2.34. The van der Waals surface area contributed by atoms with E-state index < -0.39 is 0 Å². The van der Waals surface area contributed by atoms with Crippen molar-refractivity contribution in [1.82, 2.24) is 4.90 Å². The van der Waals surface area contributed by atoms with Gasteiger partial charge in [-0.2, -0.15) is 0 Å². The Bertz CT molecular complexity index is 254. The first-order valence-corrected chi connectivity index (χ1v) is 6.14. The van der Waals surface area contributed by atoms with E-state index in [1.165, 1.54) is 19.3 Å². The summed E-state index contributed by atoms with van der Waals surface area (Å²) in [4.78, 5) is 13.8. The monoisotopic (exact) mass is 210 g/mol. The van der Waals surface area contributed by atoms with Gasteiger partial charge in [0.2, 0.25) is 5.91 Å². The van der Waals surface area contributed by atoms with Crippen molar-refractivity contribution < 1.29 is 4.79 Å². The topological polar surface area (TPSA) is 46.3 Å². The van der Waals surface area contributed by atoms with E-state index in [0.717, 1.165) is 12.5 Å². The Morgan fingerprint density at radius 2 is 2.07 bits per heavy atom. The van der Waals surface area contributed by atoms with Crippen LogP contribution in [0.1, 0.15) is 39.5 Å². The first-order valence-electron chi connectivity index (χ1n) is 6.14. The lowest BCUT2D eigenvalue weighted by Crippen LogP contribution is -2.45. The maximum atomic E-state index is 11.8. The van der Waals surface area contributed by atoms with Crippen molar-refractivity contribution in [1.29, 1.82) is 0 Å². The summed E-state index contributed by atoms with van der Waals surface area (Å²) in [5.41, 5.74) is 5.84. The molecule has 2 N–H and O–H groups in total. The molecule has 1 saturated carbocycles. The largest absolute Gasteiger partial charge is 0.338 e. The second-order valence-electron chi connectivity index (χ2n) is 5.34. The highest BCUT2D eigenvalue weighted by molar-refractivity contribution is 5.79. The molecule has 4 atom stereocenters. The maximum absolute atomic E-state index is 11.8. The van der Waals surface area contributed by atoms with Crippen LogP contribution in [0.2, 0.25) is 0 Å². The van der Waals surface area contributed by atoms with Crippen molar-refractivity contribution >= 4 is 5.91 Å². The van der Waals surface area contributed by atoms with Crippen LogP contribution in [0.5, 0.6) is 0 Å². The van der Waals surface area contributed by atoms with Crippen molar-refractivity contribution in [2.24, 2.45) is 17.6 Å². The van der Waals surface area contributed by atoms with Crippen LogP contribution in [0.25, 0.3) is 0 Å². The molecule has 0 aromatic carbocycles. The van der Waals surface area contributed by atoms with Crippen LogP contribution in [0.15, 0.2) is 0 Å². The van der Waals surface area contributed by atoms with Crippen LogP contribution in [0.4, 0.5) is 0 Å². The third-order valence-corrected chi connectivity index (χ3v) is 4.25. The van der Waals surface area contributed by atoms with Gasteiger partial charge in [-0.25, -0.2) is 0 Å². The molecule has 0 radical (unpaired) electrons. The predicted octanol–water partition coefficient (Wildman–Crippen LogP) is 1.37. The number of hydrogen-bond acceptors (Lipinski definition) is 2. The molecule has 1 saturated heterocycles. The Hall–Kier alpha value is -0.570. The van der Waals surface area contributed by atoms with Crippen LogP contribution in [-0.2, 0) is 4.79 Å². The Morgan fingerprint density at radius 1 is 1.33 bits per heavy atom.